The molecule has 2 aromatic rings. The van der Waals surface area contributed by atoms with Gasteiger partial charge in [-0.05, 0) is 42.7 Å². The van der Waals surface area contributed by atoms with Crippen molar-refractivity contribution in [3.05, 3.63) is 59.4 Å². The molecule has 0 spiro atoms. The summed E-state index contributed by atoms with van der Waals surface area (Å²) in [5.41, 5.74) is 3.19. The van der Waals surface area contributed by atoms with Gasteiger partial charge < -0.3 is 5.32 Å². The Morgan fingerprint density at radius 2 is 2.11 bits per heavy atom. The summed E-state index contributed by atoms with van der Waals surface area (Å²) in [5, 5.41) is 3.35. The maximum Gasteiger partial charge on any atom is 0.141 e. The monoisotopic (exact) mass is 245 g/mol. The molecule has 18 heavy (non-hydrogen) atoms. The Morgan fingerprint density at radius 1 is 1.28 bits per heavy atom. The fourth-order valence-electron chi connectivity index (χ4n) is 1.75. The highest BCUT2D eigenvalue weighted by Crippen LogP contribution is 2.13. The SMILES string of the molecule is Cc1cnccc1CNC(C)c1cncc(F)c1. The molecule has 2 rings (SSSR count). The van der Waals surface area contributed by atoms with Crippen LogP contribution in [0.3, 0.4) is 0 Å². The lowest BCUT2D eigenvalue weighted by Gasteiger charge is -2.14. The lowest BCUT2D eigenvalue weighted by Crippen LogP contribution is -2.19. The van der Waals surface area contributed by atoms with Crippen molar-refractivity contribution in [2.24, 2.45) is 0 Å². The summed E-state index contributed by atoms with van der Waals surface area (Å²) in [4.78, 5) is 7.91. The molecule has 3 nitrogen and oxygen atoms in total. The number of pyridine rings is 2. The Balaban J connectivity index is 2.00. The summed E-state index contributed by atoms with van der Waals surface area (Å²) >= 11 is 0. The molecular formula is C14H16FN3. The second-order valence-electron chi connectivity index (χ2n) is 4.34. The Kier molecular flexibility index (Phi) is 3.99. The van der Waals surface area contributed by atoms with Crippen molar-refractivity contribution in [2.75, 3.05) is 0 Å². The standard InChI is InChI=1S/C14H16FN3/c1-10-6-16-4-3-12(10)8-18-11(2)13-5-14(15)9-17-7-13/h3-7,9,11,18H,8H2,1-2H3. The van der Waals surface area contributed by atoms with Crippen molar-refractivity contribution in [1.29, 1.82) is 0 Å². The normalized spacial score (nSPS) is 12.4. The van der Waals surface area contributed by atoms with Crippen LogP contribution >= 0.6 is 0 Å². The van der Waals surface area contributed by atoms with Gasteiger partial charge in [0.05, 0.1) is 6.20 Å². The maximum absolute atomic E-state index is 13.1. The zero-order chi connectivity index (χ0) is 13.0. The molecule has 1 atom stereocenters. The summed E-state index contributed by atoms with van der Waals surface area (Å²) < 4.78 is 13.1. The maximum atomic E-state index is 13.1. The number of nitrogens with zero attached hydrogens (tertiary/aromatic N) is 2. The van der Waals surface area contributed by atoms with Crippen LogP contribution in [0.25, 0.3) is 0 Å². The molecule has 0 saturated carbocycles. The zero-order valence-corrected chi connectivity index (χ0v) is 10.5. The van der Waals surface area contributed by atoms with E-state index in [1.165, 1.54) is 17.8 Å². The molecule has 2 aromatic heterocycles. The molecule has 1 N–H and O–H groups in total. The van der Waals surface area contributed by atoms with E-state index in [4.69, 9.17) is 0 Å². The highest BCUT2D eigenvalue weighted by molar-refractivity contribution is 5.22. The van der Waals surface area contributed by atoms with E-state index in [0.717, 1.165) is 17.7 Å². The van der Waals surface area contributed by atoms with Crippen molar-refractivity contribution in [3.8, 4) is 0 Å². The third-order valence-corrected chi connectivity index (χ3v) is 2.96. The van der Waals surface area contributed by atoms with Crippen LogP contribution in [0.5, 0.6) is 0 Å². The lowest BCUT2D eigenvalue weighted by molar-refractivity contribution is 0.559. The molecular weight excluding hydrogens is 229 g/mol. The molecule has 0 aliphatic heterocycles. The van der Waals surface area contributed by atoms with Crippen LogP contribution in [0, 0.1) is 12.7 Å². The predicted octanol–water partition coefficient (Wildman–Crippen LogP) is 2.77. The van der Waals surface area contributed by atoms with Gasteiger partial charge in [-0.2, -0.15) is 0 Å². The van der Waals surface area contributed by atoms with Crippen LogP contribution in [-0.4, -0.2) is 9.97 Å². The molecule has 0 radical (unpaired) electrons. The van der Waals surface area contributed by atoms with Crippen LogP contribution in [0.2, 0.25) is 0 Å². The van der Waals surface area contributed by atoms with Gasteiger partial charge in [0.1, 0.15) is 5.82 Å². The third-order valence-electron chi connectivity index (χ3n) is 2.96. The van der Waals surface area contributed by atoms with Crippen LogP contribution in [0.4, 0.5) is 4.39 Å². The number of nitrogens with one attached hydrogen (secondary N) is 1. The summed E-state index contributed by atoms with van der Waals surface area (Å²) in [5.74, 6) is -0.304. The number of halogens is 1. The number of aryl methyl sites for hydroxylation is 1. The van der Waals surface area contributed by atoms with Crippen molar-refractivity contribution >= 4 is 0 Å². The van der Waals surface area contributed by atoms with E-state index < -0.39 is 0 Å². The molecule has 0 aliphatic carbocycles. The molecule has 1 unspecified atom stereocenters. The van der Waals surface area contributed by atoms with Gasteiger partial charge in [-0.15, -0.1) is 0 Å². The largest absolute Gasteiger partial charge is 0.306 e. The first-order valence-electron chi connectivity index (χ1n) is 5.90. The van der Waals surface area contributed by atoms with Gasteiger partial charge in [0.2, 0.25) is 0 Å². The minimum Gasteiger partial charge on any atom is -0.306 e. The van der Waals surface area contributed by atoms with Crippen molar-refractivity contribution in [3.63, 3.8) is 0 Å². The first-order chi connectivity index (χ1) is 8.66. The van der Waals surface area contributed by atoms with E-state index >= 15 is 0 Å². The second-order valence-corrected chi connectivity index (χ2v) is 4.34. The van der Waals surface area contributed by atoms with Crippen LogP contribution < -0.4 is 5.32 Å². The van der Waals surface area contributed by atoms with E-state index in [1.54, 1.807) is 12.4 Å². The van der Waals surface area contributed by atoms with E-state index in [1.807, 2.05) is 26.1 Å². The summed E-state index contributed by atoms with van der Waals surface area (Å²) in [6.45, 7) is 4.75. The smallest absolute Gasteiger partial charge is 0.141 e. The third kappa shape index (κ3) is 3.11. The predicted molar refractivity (Wildman–Crippen MR) is 68.4 cm³/mol. The lowest BCUT2D eigenvalue weighted by atomic mass is 10.1. The number of hydrogen-bond acceptors (Lipinski definition) is 3. The molecule has 0 aliphatic rings. The quantitative estimate of drug-likeness (QED) is 0.900. The average Bonchev–Trinajstić information content (AvgIpc) is 2.37. The van der Waals surface area contributed by atoms with Crippen molar-refractivity contribution in [1.82, 2.24) is 15.3 Å². The van der Waals surface area contributed by atoms with Crippen LogP contribution in [0.15, 0.2) is 36.9 Å². The average molecular weight is 245 g/mol. The van der Waals surface area contributed by atoms with Gasteiger partial charge in [-0.1, -0.05) is 0 Å². The van der Waals surface area contributed by atoms with Gasteiger partial charge in [0.15, 0.2) is 0 Å². The summed E-state index contributed by atoms with van der Waals surface area (Å²) in [7, 11) is 0. The number of hydrogen-bond donors (Lipinski definition) is 1. The fraction of sp³-hybridized carbons (Fsp3) is 0.286. The van der Waals surface area contributed by atoms with Gasteiger partial charge in [0, 0.05) is 31.2 Å². The van der Waals surface area contributed by atoms with E-state index in [-0.39, 0.29) is 11.9 Å². The number of rotatable bonds is 4. The topological polar surface area (TPSA) is 37.8 Å². The molecule has 0 amide bonds. The Morgan fingerprint density at radius 3 is 2.83 bits per heavy atom. The molecule has 0 saturated heterocycles. The van der Waals surface area contributed by atoms with Crippen molar-refractivity contribution in [2.45, 2.75) is 26.4 Å². The van der Waals surface area contributed by atoms with E-state index in [0.29, 0.717) is 0 Å². The summed E-state index contributed by atoms with van der Waals surface area (Å²) in [6, 6.07) is 3.55. The highest BCUT2D eigenvalue weighted by Gasteiger charge is 2.07. The van der Waals surface area contributed by atoms with Gasteiger partial charge in [0.25, 0.3) is 0 Å². The highest BCUT2D eigenvalue weighted by atomic mass is 19.1. The van der Waals surface area contributed by atoms with E-state index in [9.17, 15) is 4.39 Å². The molecule has 0 fully saturated rings. The van der Waals surface area contributed by atoms with E-state index in [2.05, 4.69) is 15.3 Å². The van der Waals surface area contributed by atoms with Gasteiger partial charge in [-0.3, -0.25) is 9.97 Å². The fourth-order valence-corrected chi connectivity index (χ4v) is 1.75. The Hall–Kier alpha value is -1.81. The van der Waals surface area contributed by atoms with Crippen molar-refractivity contribution < 1.29 is 4.39 Å². The Bertz CT molecular complexity index is 528. The molecule has 0 bridgehead atoms. The first kappa shape index (κ1) is 12.6. The minimum absolute atomic E-state index is 0.0563. The zero-order valence-electron chi connectivity index (χ0n) is 10.5. The molecule has 4 heteroatoms. The van der Waals surface area contributed by atoms with Crippen LogP contribution in [0.1, 0.15) is 29.7 Å². The molecule has 94 valence electrons. The molecule has 2 heterocycles. The second kappa shape index (κ2) is 5.69. The van der Waals surface area contributed by atoms with Gasteiger partial charge >= 0.3 is 0 Å². The minimum atomic E-state index is -0.304. The van der Waals surface area contributed by atoms with Gasteiger partial charge in [-0.25, -0.2) is 4.39 Å². The first-order valence-corrected chi connectivity index (χ1v) is 5.90. The number of aromatic nitrogens is 2. The summed E-state index contributed by atoms with van der Waals surface area (Å²) in [6.07, 6.45) is 6.51. The van der Waals surface area contributed by atoms with Crippen LogP contribution in [-0.2, 0) is 6.54 Å². The molecule has 0 aromatic carbocycles. The Labute approximate surface area is 106 Å².